The lowest BCUT2D eigenvalue weighted by molar-refractivity contribution is 0.0449. The summed E-state index contributed by atoms with van der Waals surface area (Å²) >= 11 is 0. The Hall–Kier alpha value is -0.340. The fourth-order valence-electron chi connectivity index (χ4n) is 1.75. The van der Waals surface area contributed by atoms with Gasteiger partial charge in [0.25, 0.3) is 0 Å². The lowest BCUT2D eigenvalue weighted by atomic mass is 9.90. The normalized spacial score (nSPS) is 25.5. The van der Waals surface area contributed by atoms with Crippen LogP contribution in [0.25, 0.3) is 0 Å². The molecule has 0 aromatic rings. The Kier molecular flexibility index (Phi) is 4.46. The van der Waals surface area contributed by atoms with Gasteiger partial charge in [-0.15, -0.1) is 0 Å². The molecule has 0 spiro atoms. The monoisotopic (exact) mass is 183 g/mol. The standard InChI is InChI=1S/C11H21NO/c1-3-9(2)7-11(12)10-5-4-6-13-8-10/h10-11H,2-8,12H2,1H3. The molecule has 1 aliphatic heterocycles. The van der Waals surface area contributed by atoms with Crippen LogP contribution in [-0.4, -0.2) is 19.3 Å². The second-order valence-corrected chi connectivity index (χ2v) is 3.95. The maximum absolute atomic E-state index is 6.08. The van der Waals surface area contributed by atoms with Crippen LogP contribution < -0.4 is 5.73 Å². The molecule has 0 bridgehead atoms. The van der Waals surface area contributed by atoms with E-state index < -0.39 is 0 Å². The molecule has 1 saturated heterocycles. The van der Waals surface area contributed by atoms with Gasteiger partial charge in [-0.1, -0.05) is 19.1 Å². The fraction of sp³-hybridized carbons (Fsp3) is 0.818. The lowest BCUT2D eigenvalue weighted by Crippen LogP contribution is -2.35. The molecular weight excluding hydrogens is 162 g/mol. The van der Waals surface area contributed by atoms with E-state index in [-0.39, 0.29) is 6.04 Å². The molecule has 0 aromatic heterocycles. The molecule has 0 aromatic carbocycles. The Bertz CT molecular complexity index is 161. The summed E-state index contributed by atoms with van der Waals surface area (Å²) in [5, 5.41) is 0. The van der Waals surface area contributed by atoms with Gasteiger partial charge in [-0.2, -0.15) is 0 Å². The molecule has 1 heterocycles. The molecule has 2 atom stereocenters. The molecule has 1 aliphatic rings. The highest BCUT2D eigenvalue weighted by Crippen LogP contribution is 2.20. The molecule has 2 heteroatoms. The SMILES string of the molecule is C=C(CC)CC(N)C1CCCOC1. The van der Waals surface area contributed by atoms with Crippen molar-refractivity contribution in [2.75, 3.05) is 13.2 Å². The van der Waals surface area contributed by atoms with Crippen molar-refractivity contribution in [2.45, 2.75) is 38.6 Å². The van der Waals surface area contributed by atoms with E-state index in [0.29, 0.717) is 5.92 Å². The van der Waals surface area contributed by atoms with E-state index in [1.165, 1.54) is 12.0 Å². The summed E-state index contributed by atoms with van der Waals surface area (Å²) in [6, 6.07) is 0.257. The molecule has 76 valence electrons. The predicted molar refractivity (Wildman–Crippen MR) is 55.6 cm³/mol. The number of hydrogen-bond acceptors (Lipinski definition) is 2. The summed E-state index contributed by atoms with van der Waals surface area (Å²) < 4.78 is 5.41. The Morgan fingerprint density at radius 1 is 1.69 bits per heavy atom. The molecule has 0 aliphatic carbocycles. The summed E-state index contributed by atoms with van der Waals surface area (Å²) in [6.45, 7) is 7.88. The second kappa shape index (κ2) is 5.40. The first-order valence-corrected chi connectivity index (χ1v) is 5.24. The van der Waals surface area contributed by atoms with Gasteiger partial charge in [0.2, 0.25) is 0 Å². The largest absolute Gasteiger partial charge is 0.381 e. The third kappa shape index (κ3) is 3.49. The molecule has 2 unspecified atom stereocenters. The highest BCUT2D eigenvalue weighted by atomic mass is 16.5. The Balaban J connectivity index is 2.28. The van der Waals surface area contributed by atoms with Crippen molar-refractivity contribution in [3.05, 3.63) is 12.2 Å². The minimum atomic E-state index is 0.257. The van der Waals surface area contributed by atoms with Gasteiger partial charge < -0.3 is 10.5 Å². The first-order chi connectivity index (χ1) is 6.24. The third-order valence-corrected chi connectivity index (χ3v) is 2.83. The fourth-order valence-corrected chi connectivity index (χ4v) is 1.75. The van der Waals surface area contributed by atoms with Crippen molar-refractivity contribution in [1.82, 2.24) is 0 Å². The number of hydrogen-bond donors (Lipinski definition) is 1. The van der Waals surface area contributed by atoms with Gasteiger partial charge in [-0.3, -0.25) is 0 Å². The van der Waals surface area contributed by atoms with E-state index in [1.54, 1.807) is 0 Å². The van der Waals surface area contributed by atoms with Crippen LogP contribution in [0, 0.1) is 5.92 Å². The first-order valence-electron chi connectivity index (χ1n) is 5.24. The van der Waals surface area contributed by atoms with Crippen molar-refractivity contribution in [1.29, 1.82) is 0 Å². The van der Waals surface area contributed by atoms with E-state index in [2.05, 4.69) is 13.5 Å². The van der Waals surface area contributed by atoms with Crippen LogP contribution in [0.4, 0.5) is 0 Å². The quantitative estimate of drug-likeness (QED) is 0.677. The van der Waals surface area contributed by atoms with Gasteiger partial charge in [-0.25, -0.2) is 0 Å². The molecule has 13 heavy (non-hydrogen) atoms. The van der Waals surface area contributed by atoms with Gasteiger partial charge in [0.05, 0.1) is 6.61 Å². The average Bonchev–Trinajstić information content (AvgIpc) is 2.19. The zero-order valence-electron chi connectivity index (χ0n) is 8.59. The van der Waals surface area contributed by atoms with Crippen LogP contribution in [0.2, 0.25) is 0 Å². The summed E-state index contributed by atoms with van der Waals surface area (Å²) in [5.74, 6) is 0.553. The van der Waals surface area contributed by atoms with E-state index >= 15 is 0 Å². The van der Waals surface area contributed by atoms with Crippen LogP contribution in [0.5, 0.6) is 0 Å². The van der Waals surface area contributed by atoms with E-state index in [1.807, 2.05) is 0 Å². The van der Waals surface area contributed by atoms with Crippen molar-refractivity contribution >= 4 is 0 Å². The topological polar surface area (TPSA) is 35.2 Å². The van der Waals surface area contributed by atoms with Crippen LogP contribution in [-0.2, 0) is 4.74 Å². The number of ether oxygens (including phenoxy) is 1. The van der Waals surface area contributed by atoms with E-state index in [0.717, 1.165) is 32.5 Å². The van der Waals surface area contributed by atoms with Gasteiger partial charge in [0.1, 0.15) is 0 Å². The van der Waals surface area contributed by atoms with E-state index in [9.17, 15) is 0 Å². The van der Waals surface area contributed by atoms with Gasteiger partial charge >= 0.3 is 0 Å². The third-order valence-electron chi connectivity index (χ3n) is 2.83. The zero-order chi connectivity index (χ0) is 9.68. The van der Waals surface area contributed by atoms with Crippen LogP contribution >= 0.6 is 0 Å². The minimum Gasteiger partial charge on any atom is -0.381 e. The van der Waals surface area contributed by atoms with Crippen molar-refractivity contribution in [2.24, 2.45) is 11.7 Å². The highest BCUT2D eigenvalue weighted by Gasteiger charge is 2.20. The molecule has 2 nitrogen and oxygen atoms in total. The Morgan fingerprint density at radius 2 is 2.46 bits per heavy atom. The zero-order valence-corrected chi connectivity index (χ0v) is 8.59. The van der Waals surface area contributed by atoms with Crippen molar-refractivity contribution < 1.29 is 4.74 Å². The van der Waals surface area contributed by atoms with Crippen LogP contribution in [0.3, 0.4) is 0 Å². The predicted octanol–water partition coefficient (Wildman–Crippen LogP) is 2.10. The van der Waals surface area contributed by atoms with Crippen LogP contribution in [0.15, 0.2) is 12.2 Å². The van der Waals surface area contributed by atoms with Crippen LogP contribution in [0.1, 0.15) is 32.6 Å². The van der Waals surface area contributed by atoms with Gasteiger partial charge in [0.15, 0.2) is 0 Å². The Labute approximate surface area is 81.1 Å². The number of rotatable bonds is 4. The van der Waals surface area contributed by atoms with Crippen molar-refractivity contribution in [3.63, 3.8) is 0 Å². The molecule has 0 radical (unpaired) electrons. The van der Waals surface area contributed by atoms with Crippen molar-refractivity contribution in [3.8, 4) is 0 Å². The smallest absolute Gasteiger partial charge is 0.0509 e. The minimum absolute atomic E-state index is 0.257. The second-order valence-electron chi connectivity index (χ2n) is 3.95. The highest BCUT2D eigenvalue weighted by molar-refractivity contribution is 4.97. The summed E-state index contributed by atoms with van der Waals surface area (Å²) in [7, 11) is 0. The van der Waals surface area contributed by atoms with E-state index in [4.69, 9.17) is 10.5 Å². The summed E-state index contributed by atoms with van der Waals surface area (Å²) in [6.07, 6.45) is 4.39. The Morgan fingerprint density at radius 3 is 3.00 bits per heavy atom. The molecule has 2 N–H and O–H groups in total. The van der Waals surface area contributed by atoms with Gasteiger partial charge in [-0.05, 0) is 31.6 Å². The number of nitrogens with two attached hydrogens (primary N) is 1. The molecule has 0 saturated carbocycles. The lowest BCUT2D eigenvalue weighted by Gasteiger charge is -2.27. The maximum Gasteiger partial charge on any atom is 0.0509 e. The average molecular weight is 183 g/mol. The molecular formula is C11H21NO. The molecule has 1 rings (SSSR count). The molecule has 1 fully saturated rings. The maximum atomic E-state index is 6.08. The van der Waals surface area contributed by atoms with Gasteiger partial charge in [0, 0.05) is 12.6 Å². The summed E-state index contributed by atoms with van der Waals surface area (Å²) in [4.78, 5) is 0. The first kappa shape index (κ1) is 10.7. The summed E-state index contributed by atoms with van der Waals surface area (Å²) in [5.41, 5.74) is 7.35. The molecule has 0 amide bonds.